The third-order valence-electron chi connectivity index (χ3n) is 17.2. The maximum absolute atomic E-state index is 15.2. The number of β-amino-alcohol motifs (C(OH)–C–C–N with tert-alkyl or cyclic N) is 1. The molecule has 1 aromatic heterocycles. The number of benzene rings is 1. The van der Waals surface area contributed by atoms with Gasteiger partial charge in [-0.1, -0.05) is 36.8 Å². The zero-order valence-corrected chi connectivity index (χ0v) is 51.6. The second-order valence-corrected chi connectivity index (χ2v) is 24.6. The third kappa shape index (κ3) is 18.7. The van der Waals surface area contributed by atoms with Crippen LogP contribution in [0.15, 0.2) is 56.8 Å². The fourth-order valence-electron chi connectivity index (χ4n) is 12.7. The summed E-state index contributed by atoms with van der Waals surface area (Å²) < 4.78 is 0. The fourth-order valence-corrected chi connectivity index (χ4v) is 13.5. The maximum Gasteiger partial charge on any atom is 0.326 e. The fraction of sp³-hybridized carbons (Fsp3) is 0.603. The van der Waals surface area contributed by atoms with Crippen LogP contribution < -0.4 is 66.7 Å². The predicted molar refractivity (Wildman–Crippen MR) is 333 cm³/mol. The molecular formula is C58H87N19O13S. The number of fused-ring (bicyclic) bond motifs is 2. The van der Waals surface area contributed by atoms with E-state index < -0.39 is 133 Å². The van der Waals surface area contributed by atoms with Gasteiger partial charge in [-0.2, -0.15) is 0 Å². The van der Waals surface area contributed by atoms with Crippen molar-refractivity contribution in [2.24, 2.45) is 61.0 Å². The van der Waals surface area contributed by atoms with E-state index in [2.05, 4.69) is 41.6 Å². The van der Waals surface area contributed by atoms with Crippen LogP contribution >= 0.6 is 11.3 Å². The van der Waals surface area contributed by atoms with Crippen LogP contribution in [0.3, 0.4) is 0 Å². The summed E-state index contributed by atoms with van der Waals surface area (Å²) in [7, 11) is 0. The zero-order valence-electron chi connectivity index (χ0n) is 50.7. The molecule has 32 nitrogen and oxygen atoms in total. The van der Waals surface area contributed by atoms with Crippen molar-refractivity contribution in [2.45, 2.75) is 169 Å². The van der Waals surface area contributed by atoms with Crippen molar-refractivity contribution in [2.75, 3.05) is 45.9 Å². The molecule has 22 N–H and O–H groups in total. The van der Waals surface area contributed by atoms with Crippen LogP contribution in [0.1, 0.15) is 99.5 Å². The Morgan fingerprint density at radius 2 is 1.26 bits per heavy atom. The Balaban J connectivity index is 1.01. The van der Waals surface area contributed by atoms with Crippen molar-refractivity contribution in [3.8, 4) is 0 Å². The molecule has 12 atom stereocenters. The number of thiophene rings is 1. The number of carbonyl (C=O) groups excluding carboxylic acids is 9. The molecule has 498 valence electrons. The van der Waals surface area contributed by atoms with Gasteiger partial charge >= 0.3 is 5.97 Å². The number of aliphatic imine (C=N–C) groups is 3. The number of aliphatic hydroxyl groups excluding tert-OH is 2. The van der Waals surface area contributed by atoms with Gasteiger partial charge in [-0.15, -0.1) is 11.3 Å². The second kappa shape index (κ2) is 32.9. The van der Waals surface area contributed by atoms with Crippen molar-refractivity contribution < 1.29 is 63.3 Å². The van der Waals surface area contributed by atoms with Crippen LogP contribution in [-0.2, 0) is 67.3 Å². The molecule has 0 spiro atoms. The smallest absolute Gasteiger partial charge is 0.326 e. The summed E-state index contributed by atoms with van der Waals surface area (Å²) in [5, 5.41) is 46.6. The maximum atomic E-state index is 15.2. The standard InChI is InChI=1S/C58H87N19O13S/c59-36(13-4-18-66-56(60)61)47(81)71-37(14-5-19-67-57(62)63)51(85)74-21-7-17-42(74)53(87)76-29-34(79)25-43(76)49(83)69-27-46(80)70-39(26-35-12-8-22-91-35)48(82)73-40(30-78)52(86)75-28-33-10-2-1-9-31(33)23-45(75)54(88)77-41-16-3-11-32(41)24-44(77)50(84)72-38(55(89)90)15-6-20-68-58(64)65/h1-2,8-10,12,22,32,34,36-45,78-79H,3-7,11,13-21,23-30,59H2,(H,69,83)(H,70,80)(H,71,81)(H,72,84)(H,73,82)(H,89,90)(H4,60,61,66)(H4,62,63,67)(H4,64,65,68)/t32?,34?,36-,37-,38?,39?,40-,41?,42-,43-,44?,45?/m1/s1. The number of guanidine groups is 3. The lowest BCUT2D eigenvalue weighted by Crippen LogP contribution is -2.62. The molecule has 7 rings (SSSR count). The highest BCUT2D eigenvalue weighted by Gasteiger charge is 2.53. The van der Waals surface area contributed by atoms with E-state index in [4.69, 9.17) is 40.1 Å². The van der Waals surface area contributed by atoms with Crippen molar-refractivity contribution in [1.82, 2.24) is 46.2 Å². The van der Waals surface area contributed by atoms with Crippen molar-refractivity contribution in [3.63, 3.8) is 0 Å². The Morgan fingerprint density at radius 3 is 1.90 bits per heavy atom. The second-order valence-electron chi connectivity index (χ2n) is 23.6. The Bertz CT molecular complexity index is 3030. The van der Waals surface area contributed by atoms with E-state index >= 15 is 4.79 Å². The number of nitrogens with zero attached hydrogens (tertiary/aromatic N) is 7. The number of likely N-dealkylation sites (tertiary alicyclic amines) is 3. The van der Waals surface area contributed by atoms with Crippen LogP contribution in [0.4, 0.5) is 0 Å². The highest BCUT2D eigenvalue weighted by molar-refractivity contribution is 7.09. The van der Waals surface area contributed by atoms with E-state index in [1.54, 1.807) is 35.7 Å². The van der Waals surface area contributed by atoms with Crippen molar-refractivity contribution >= 4 is 88.3 Å². The molecule has 5 heterocycles. The highest BCUT2D eigenvalue weighted by Crippen LogP contribution is 2.43. The number of carbonyl (C=O) groups is 10. The molecule has 0 bridgehead atoms. The van der Waals surface area contributed by atoms with E-state index in [1.807, 2.05) is 6.07 Å². The first-order valence-corrected chi connectivity index (χ1v) is 31.6. The van der Waals surface area contributed by atoms with E-state index in [0.29, 0.717) is 29.7 Å². The molecule has 9 amide bonds. The van der Waals surface area contributed by atoms with Gasteiger partial charge in [-0.3, -0.25) is 58.1 Å². The Hall–Kier alpha value is -8.69. The Morgan fingerprint density at radius 1 is 0.626 bits per heavy atom. The number of nitrogens with one attached hydrogen (secondary N) is 5. The van der Waals surface area contributed by atoms with Gasteiger partial charge in [-0.05, 0) is 99.1 Å². The van der Waals surface area contributed by atoms with E-state index in [9.17, 15) is 58.5 Å². The molecule has 3 saturated heterocycles. The highest BCUT2D eigenvalue weighted by atomic mass is 32.1. The topological polar surface area (TPSA) is 524 Å². The van der Waals surface area contributed by atoms with Gasteiger partial charge in [0, 0.05) is 69.4 Å². The largest absolute Gasteiger partial charge is 0.480 e. The number of amides is 9. The molecule has 33 heteroatoms. The van der Waals surface area contributed by atoms with Crippen LogP contribution in [0.5, 0.6) is 0 Å². The molecule has 0 radical (unpaired) electrons. The molecule has 1 aliphatic carbocycles. The van der Waals surface area contributed by atoms with E-state index in [0.717, 1.165) is 23.3 Å². The molecule has 4 fully saturated rings. The van der Waals surface area contributed by atoms with Crippen molar-refractivity contribution in [1.29, 1.82) is 0 Å². The molecule has 5 aliphatic rings. The zero-order chi connectivity index (χ0) is 66.1. The molecule has 7 unspecified atom stereocenters. The number of hydrogen-bond acceptors (Lipinski definition) is 17. The summed E-state index contributed by atoms with van der Waals surface area (Å²) in [5.41, 5.74) is 40.3. The van der Waals surface area contributed by atoms with Gasteiger partial charge in [0.05, 0.1) is 25.3 Å². The van der Waals surface area contributed by atoms with Gasteiger partial charge in [0.25, 0.3) is 0 Å². The van der Waals surface area contributed by atoms with Crippen LogP contribution in [0.2, 0.25) is 0 Å². The summed E-state index contributed by atoms with van der Waals surface area (Å²) in [4.78, 5) is 159. The quantitative estimate of drug-likeness (QED) is 0.0197. The average molecular weight is 1290 g/mol. The van der Waals surface area contributed by atoms with Gasteiger partial charge in [0.1, 0.15) is 48.3 Å². The summed E-state index contributed by atoms with van der Waals surface area (Å²) in [6, 6.07) is -1.06. The monoisotopic (exact) mass is 1290 g/mol. The summed E-state index contributed by atoms with van der Waals surface area (Å²) >= 11 is 1.27. The first-order chi connectivity index (χ1) is 43.4. The summed E-state index contributed by atoms with van der Waals surface area (Å²) in [6.07, 6.45) is 2.56. The number of aliphatic hydroxyl groups is 2. The summed E-state index contributed by atoms with van der Waals surface area (Å²) in [5.74, 6) is -8.34. The lowest BCUT2D eigenvalue weighted by Gasteiger charge is -2.41. The molecular weight excluding hydrogens is 1200 g/mol. The third-order valence-corrected chi connectivity index (χ3v) is 18.1. The number of aliphatic carboxylic acids is 1. The minimum Gasteiger partial charge on any atom is -0.480 e. The minimum atomic E-state index is -1.66. The lowest BCUT2D eigenvalue weighted by molar-refractivity contribution is -0.153. The van der Waals surface area contributed by atoms with Gasteiger partial charge in [-0.25, -0.2) is 4.79 Å². The average Bonchev–Trinajstić information content (AvgIpc) is 1.72. The van der Waals surface area contributed by atoms with Gasteiger partial charge < -0.3 is 102 Å². The number of hydrogen-bond donors (Lipinski definition) is 15. The number of carboxylic acids is 1. The predicted octanol–water partition coefficient (Wildman–Crippen LogP) is -5.41. The number of nitrogens with two attached hydrogens (primary N) is 7. The van der Waals surface area contributed by atoms with Crippen LogP contribution in [-0.4, -0.2) is 224 Å². The first kappa shape index (κ1) is 69.8. The normalized spacial score (nSPS) is 22.4. The molecule has 2 aromatic rings. The van der Waals surface area contributed by atoms with Crippen LogP contribution in [0.25, 0.3) is 0 Å². The Labute approximate surface area is 529 Å². The van der Waals surface area contributed by atoms with Gasteiger partial charge in [0.2, 0.25) is 53.2 Å². The van der Waals surface area contributed by atoms with Gasteiger partial charge in [0.15, 0.2) is 17.9 Å². The summed E-state index contributed by atoms with van der Waals surface area (Å²) in [6.45, 7) is -1.46. The SMILES string of the molecule is NC(N)=NCCCC(NC(=O)C1CC2CCCC2N1C(=O)C1Cc2ccccc2CN1C(=O)[C@@H](CO)NC(=O)C(Cc1cccs1)NC(=O)CNC(=O)[C@H]1CC(O)CN1C(=O)[C@H]1CCCN1C(=O)[C@@H](CCCN=C(N)N)NC(=O)[C@H](N)CCCN=C(N)N)C(=O)O. The van der Waals surface area contributed by atoms with Crippen LogP contribution in [0, 0.1) is 5.92 Å². The molecule has 91 heavy (non-hydrogen) atoms. The Kier molecular flexibility index (Phi) is 25.2. The molecule has 1 aromatic carbocycles. The molecule has 4 aliphatic heterocycles. The van der Waals surface area contributed by atoms with E-state index in [-0.39, 0.29) is 133 Å². The lowest BCUT2D eigenvalue weighted by atomic mass is 9.92. The first-order valence-electron chi connectivity index (χ1n) is 30.7. The number of rotatable bonds is 30. The molecule has 1 saturated carbocycles. The number of carboxylic acid groups (broad SMARTS) is 1. The van der Waals surface area contributed by atoms with Crippen molar-refractivity contribution in [3.05, 3.63) is 57.8 Å². The minimum absolute atomic E-state index is 0.00000960. The van der Waals surface area contributed by atoms with E-state index in [1.165, 1.54) is 26.0 Å².